The molecule has 19 nitrogen and oxygen atoms in total. The van der Waals surface area contributed by atoms with E-state index in [4.69, 9.17) is 37.1 Å². The first-order chi connectivity index (χ1) is 20.1. The lowest BCUT2D eigenvalue weighted by atomic mass is 10.1. The molecule has 0 aliphatic carbocycles. The SMILES string of the molecule is NC(CCS(=O)(=O)O)C(=O)O.Nc1nc(N)c2nc(CNc3ccc(C(=O)NC(CCC(=O)O)C(=O)O)cc3)cnc2n1. The van der Waals surface area contributed by atoms with E-state index in [2.05, 4.69) is 30.6 Å². The number of anilines is 3. The smallest absolute Gasteiger partial charge is 0.326 e. The van der Waals surface area contributed by atoms with Crippen LogP contribution in [-0.4, -0.2) is 89.9 Å². The number of aliphatic carboxylic acids is 3. The molecule has 1 amide bonds. The van der Waals surface area contributed by atoms with Gasteiger partial charge >= 0.3 is 17.9 Å². The van der Waals surface area contributed by atoms with Gasteiger partial charge in [0.05, 0.1) is 24.2 Å². The van der Waals surface area contributed by atoms with Crippen molar-refractivity contribution in [2.45, 2.75) is 37.9 Å². The Morgan fingerprint density at radius 1 is 0.930 bits per heavy atom. The predicted molar refractivity (Wildman–Crippen MR) is 150 cm³/mol. The Morgan fingerprint density at radius 2 is 1.58 bits per heavy atom. The summed E-state index contributed by atoms with van der Waals surface area (Å²) in [6, 6.07) is 3.75. The van der Waals surface area contributed by atoms with Crippen molar-refractivity contribution in [1.82, 2.24) is 25.3 Å². The summed E-state index contributed by atoms with van der Waals surface area (Å²) in [6.07, 6.45) is 0.647. The number of fused-ring (bicyclic) bond motifs is 1. The van der Waals surface area contributed by atoms with Crippen LogP contribution in [0.2, 0.25) is 0 Å². The van der Waals surface area contributed by atoms with Crippen LogP contribution in [0, 0.1) is 0 Å². The van der Waals surface area contributed by atoms with Crippen LogP contribution in [0.15, 0.2) is 30.5 Å². The van der Waals surface area contributed by atoms with Crippen molar-refractivity contribution < 1.29 is 47.5 Å². The van der Waals surface area contributed by atoms with Gasteiger partial charge in [0.1, 0.15) is 12.1 Å². The number of nitrogens with zero attached hydrogens (tertiary/aromatic N) is 4. The molecule has 0 saturated heterocycles. The van der Waals surface area contributed by atoms with Crippen molar-refractivity contribution in [2.75, 3.05) is 22.5 Å². The third-order valence-electron chi connectivity index (χ3n) is 5.38. The molecule has 0 fully saturated rings. The van der Waals surface area contributed by atoms with Gasteiger partial charge in [0.15, 0.2) is 17.0 Å². The highest BCUT2D eigenvalue weighted by Crippen LogP contribution is 2.16. The Kier molecular flexibility index (Phi) is 12.0. The second kappa shape index (κ2) is 15.1. The van der Waals surface area contributed by atoms with Gasteiger partial charge in [0, 0.05) is 17.7 Å². The summed E-state index contributed by atoms with van der Waals surface area (Å²) in [5, 5.41) is 31.5. The first-order valence-electron chi connectivity index (χ1n) is 12.1. The molecule has 1 aromatic carbocycles. The fraction of sp³-hybridized carbons (Fsp3) is 0.304. The lowest BCUT2D eigenvalue weighted by molar-refractivity contribution is -0.141. The second-order valence-corrected chi connectivity index (χ2v) is 10.3. The molecule has 0 radical (unpaired) electrons. The summed E-state index contributed by atoms with van der Waals surface area (Å²) < 4.78 is 28.3. The van der Waals surface area contributed by atoms with E-state index >= 15 is 0 Å². The first kappa shape index (κ1) is 34.0. The zero-order valence-corrected chi connectivity index (χ0v) is 23.1. The van der Waals surface area contributed by atoms with Gasteiger partial charge in [-0.1, -0.05) is 0 Å². The van der Waals surface area contributed by atoms with Crippen LogP contribution < -0.4 is 27.8 Å². The normalized spacial score (nSPS) is 12.3. The van der Waals surface area contributed by atoms with E-state index in [1.54, 1.807) is 12.1 Å². The number of carboxylic acids is 3. The number of carboxylic acid groups (broad SMARTS) is 3. The third kappa shape index (κ3) is 11.7. The Bertz CT molecular complexity index is 1590. The average molecular weight is 624 g/mol. The predicted octanol–water partition coefficient (Wildman–Crippen LogP) is -1.08. The van der Waals surface area contributed by atoms with E-state index < -0.39 is 51.8 Å². The fourth-order valence-corrected chi connectivity index (χ4v) is 3.72. The number of carbonyl (C=O) groups excluding carboxylic acids is 1. The Balaban J connectivity index is 0.000000499. The number of nitrogens with one attached hydrogen (secondary N) is 2. The van der Waals surface area contributed by atoms with Gasteiger partial charge in [-0.15, -0.1) is 0 Å². The number of hydrogen-bond acceptors (Lipinski definition) is 14. The van der Waals surface area contributed by atoms with E-state index in [0.29, 0.717) is 23.4 Å². The lowest BCUT2D eigenvalue weighted by Gasteiger charge is -2.14. The highest BCUT2D eigenvalue weighted by molar-refractivity contribution is 7.85. The first-order valence-corrected chi connectivity index (χ1v) is 13.7. The minimum absolute atomic E-state index is 0.0101. The maximum absolute atomic E-state index is 12.3. The van der Waals surface area contributed by atoms with Gasteiger partial charge in [0.25, 0.3) is 16.0 Å². The minimum Gasteiger partial charge on any atom is -0.481 e. The molecular weight excluding hydrogens is 594 g/mol. The summed E-state index contributed by atoms with van der Waals surface area (Å²) in [6.45, 7) is 0.300. The minimum atomic E-state index is -4.10. The van der Waals surface area contributed by atoms with Gasteiger partial charge < -0.3 is 43.2 Å². The Hall–Kier alpha value is -5.21. The van der Waals surface area contributed by atoms with E-state index in [-0.39, 0.29) is 42.2 Å². The zero-order chi connectivity index (χ0) is 32.3. The van der Waals surface area contributed by atoms with Gasteiger partial charge in [-0.25, -0.2) is 14.8 Å². The number of aromatic nitrogens is 4. The Labute approximate surface area is 243 Å². The van der Waals surface area contributed by atoms with E-state index in [1.165, 1.54) is 18.3 Å². The molecule has 20 heteroatoms. The van der Waals surface area contributed by atoms with Crippen molar-refractivity contribution in [3.8, 4) is 0 Å². The van der Waals surface area contributed by atoms with Crippen molar-refractivity contribution in [1.29, 1.82) is 0 Å². The molecule has 0 aliphatic heterocycles. The molecule has 43 heavy (non-hydrogen) atoms. The summed E-state index contributed by atoms with van der Waals surface area (Å²) in [5.41, 5.74) is 18.4. The zero-order valence-electron chi connectivity index (χ0n) is 22.2. The molecular formula is C23H29N9O10S. The highest BCUT2D eigenvalue weighted by Gasteiger charge is 2.21. The van der Waals surface area contributed by atoms with Crippen molar-refractivity contribution >= 4 is 62.6 Å². The number of nitrogens with two attached hydrogens (primary N) is 3. The van der Waals surface area contributed by atoms with Crippen LogP contribution in [0.5, 0.6) is 0 Å². The highest BCUT2D eigenvalue weighted by atomic mass is 32.2. The second-order valence-electron chi connectivity index (χ2n) is 8.75. The van der Waals surface area contributed by atoms with E-state index in [0.717, 1.165) is 0 Å². The average Bonchev–Trinajstić information content (AvgIpc) is 2.92. The molecule has 3 rings (SSSR count). The molecule has 0 saturated carbocycles. The molecule has 0 aliphatic rings. The number of hydrogen-bond donors (Lipinski definition) is 9. The molecule has 2 unspecified atom stereocenters. The molecule has 0 bridgehead atoms. The number of rotatable bonds is 13. The molecule has 3 aromatic rings. The lowest BCUT2D eigenvalue weighted by Crippen LogP contribution is -2.41. The monoisotopic (exact) mass is 623 g/mol. The van der Waals surface area contributed by atoms with Crippen LogP contribution in [0.1, 0.15) is 35.3 Å². The van der Waals surface area contributed by atoms with Crippen LogP contribution in [0.25, 0.3) is 11.2 Å². The van der Waals surface area contributed by atoms with Crippen LogP contribution in [-0.2, 0) is 31.0 Å². The van der Waals surface area contributed by atoms with Crippen LogP contribution in [0.4, 0.5) is 17.5 Å². The number of benzene rings is 1. The summed E-state index contributed by atoms with van der Waals surface area (Å²) in [4.78, 5) is 60.5. The van der Waals surface area contributed by atoms with Crippen molar-refractivity contribution in [2.24, 2.45) is 5.73 Å². The summed E-state index contributed by atoms with van der Waals surface area (Å²) in [5.74, 6) is -4.84. The molecule has 12 N–H and O–H groups in total. The standard InChI is InChI=1S/C19H20N8O5.C4H9NO5S/c20-15-14-16(27-19(21)26-15)23-8-11(24-14)7-22-10-3-1-9(2-4-10)17(30)25-12(18(31)32)5-6-13(28)29;5-3(4(6)7)1-2-11(8,9)10/h1-4,8,12,22H,5-7H2,(H,25,30)(H,28,29)(H,31,32)(H4,20,21,23,26,27);3H,1-2,5H2,(H,6,7)(H,8,9,10). The molecule has 2 atom stereocenters. The van der Waals surface area contributed by atoms with Gasteiger partial charge in [0.2, 0.25) is 5.95 Å². The summed E-state index contributed by atoms with van der Waals surface area (Å²) >= 11 is 0. The summed E-state index contributed by atoms with van der Waals surface area (Å²) in [7, 11) is -4.10. The van der Waals surface area contributed by atoms with Gasteiger partial charge in [-0.05, 0) is 37.1 Å². The van der Waals surface area contributed by atoms with Crippen molar-refractivity contribution in [3.05, 3.63) is 41.7 Å². The largest absolute Gasteiger partial charge is 0.481 e. The quantitative estimate of drug-likeness (QED) is 0.102. The van der Waals surface area contributed by atoms with Gasteiger partial charge in [-0.2, -0.15) is 18.4 Å². The molecule has 2 heterocycles. The fourth-order valence-electron chi connectivity index (χ4n) is 3.17. The molecule has 2 aromatic heterocycles. The van der Waals surface area contributed by atoms with Crippen molar-refractivity contribution in [3.63, 3.8) is 0 Å². The van der Waals surface area contributed by atoms with Crippen LogP contribution >= 0.6 is 0 Å². The number of amides is 1. The maximum Gasteiger partial charge on any atom is 0.326 e. The van der Waals surface area contributed by atoms with E-state index in [1.807, 2.05) is 0 Å². The molecule has 232 valence electrons. The molecule has 0 spiro atoms. The van der Waals surface area contributed by atoms with Gasteiger partial charge in [-0.3, -0.25) is 18.9 Å². The van der Waals surface area contributed by atoms with Crippen LogP contribution in [0.3, 0.4) is 0 Å². The number of carbonyl (C=O) groups is 4. The number of nitrogen functional groups attached to an aromatic ring is 2. The van der Waals surface area contributed by atoms with E-state index in [9.17, 15) is 27.6 Å². The third-order valence-corrected chi connectivity index (χ3v) is 6.13. The Morgan fingerprint density at radius 3 is 2.14 bits per heavy atom. The maximum atomic E-state index is 12.3. The topological polar surface area (TPSA) is 337 Å².